The summed E-state index contributed by atoms with van der Waals surface area (Å²) in [6.45, 7) is 0.369. The molecule has 2 heterocycles. The smallest absolute Gasteiger partial charge is 0.335 e. The van der Waals surface area contributed by atoms with Crippen LogP contribution in [-0.4, -0.2) is 49.9 Å². The first-order chi connectivity index (χ1) is 18.5. The highest BCUT2D eigenvalue weighted by Crippen LogP contribution is 2.57. The molecule has 38 heavy (non-hydrogen) atoms. The third-order valence-electron chi connectivity index (χ3n) is 9.69. The molecule has 0 spiro atoms. The lowest BCUT2D eigenvalue weighted by molar-refractivity contribution is -0.157. The van der Waals surface area contributed by atoms with Gasteiger partial charge in [0.1, 0.15) is 6.17 Å². The standard InChI is InChI=1S/C29H36N4O5/c34-28(35)22-8-4-7-21(12-22)26-31-32-27(38-26)24-23(30-25(33(24)36)20-5-2-1-3-6-20)16-37-29-13-17-9-18(14-29)11-19(10-17)15-29/h4,7-8,12,17-20,25,30,36H,1-3,5-6,9-11,13-16H2,(H,34,35). The second-order valence-corrected chi connectivity index (χ2v) is 12.3. The van der Waals surface area contributed by atoms with Crippen LogP contribution in [0.4, 0.5) is 0 Å². The molecular formula is C29H36N4O5. The van der Waals surface area contributed by atoms with Crippen LogP contribution in [0.25, 0.3) is 17.2 Å². The van der Waals surface area contributed by atoms with Gasteiger partial charge < -0.3 is 19.6 Å². The molecular weight excluding hydrogens is 484 g/mol. The molecule has 8 rings (SSSR count). The molecule has 5 saturated carbocycles. The number of aromatic nitrogens is 2. The van der Waals surface area contributed by atoms with E-state index < -0.39 is 5.97 Å². The van der Waals surface area contributed by atoms with Crippen LogP contribution in [0.2, 0.25) is 0 Å². The first kappa shape index (κ1) is 24.2. The third-order valence-corrected chi connectivity index (χ3v) is 9.69. The molecule has 1 aliphatic heterocycles. The number of carboxylic acid groups (broad SMARTS) is 1. The maximum atomic E-state index is 11.4. The minimum atomic E-state index is -1.02. The summed E-state index contributed by atoms with van der Waals surface area (Å²) in [7, 11) is 0. The van der Waals surface area contributed by atoms with Crippen LogP contribution < -0.4 is 5.32 Å². The molecule has 5 aliphatic carbocycles. The summed E-state index contributed by atoms with van der Waals surface area (Å²) < 4.78 is 12.8. The molecule has 0 saturated heterocycles. The van der Waals surface area contributed by atoms with Crippen molar-refractivity contribution in [2.45, 2.75) is 82.4 Å². The van der Waals surface area contributed by atoms with E-state index in [1.807, 2.05) is 0 Å². The first-order valence-corrected chi connectivity index (χ1v) is 14.3. The predicted octanol–water partition coefficient (Wildman–Crippen LogP) is 5.29. The second-order valence-electron chi connectivity index (χ2n) is 12.3. The van der Waals surface area contributed by atoms with Gasteiger partial charge in [0.15, 0.2) is 5.70 Å². The summed E-state index contributed by atoms with van der Waals surface area (Å²) in [5.41, 5.74) is 1.87. The van der Waals surface area contributed by atoms with E-state index in [9.17, 15) is 15.1 Å². The lowest BCUT2D eigenvalue weighted by atomic mass is 9.54. The second kappa shape index (κ2) is 9.38. The average Bonchev–Trinajstić information content (AvgIpc) is 3.52. The fraction of sp³-hybridized carbons (Fsp3) is 0.621. The first-order valence-electron chi connectivity index (χ1n) is 14.3. The zero-order valence-corrected chi connectivity index (χ0v) is 21.6. The summed E-state index contributed by atoms with van der Waals surface area (Å²) in [5.74, 6) is 2.08. The van der Waals surface area contributed by atoms with Crippen LogP contribution >= 0.6 is 0 Å². The van der Waals surface area contributed by atoms with Crippen molar-refractivity contribution in [3.05, 3.63) is 41.4 Å². The molecule has 5 fully saturated rings. The van der Waals surface area contributed by atoms with Crippen molar-refractivity contribution in [2.24, 2.45) is 23.7 Å². The number of hydrogen-bond donors (Lipinski definition) is 3. The zero-order valence-electron chi connectivity index (χ0n) is 21.6. The fourth-order valence-corrected chi connectivity index (χ4v) is 8.34. The van der Waals surface area contributed by atoms with Crippen LogP contribution in [0.5, 0.6) is 0 Å². The maximum absolute atomic E-state index is 11.4. The lowest BCUT2D eigenvalue weighted by Gasteiger charge is -2.56. The van der Waals surface area contributed by atoms with Gasteiger partial charge in [-0.25, -0.2) is 9.86 Å². The van der Waals surface area contributed by atoms with Crippen LogP contribution in [0.3, 0.4) is 0 Å². The van der Waals surface area contributed by atoms with E-state index in [1.165, 1.54) is 42.9 Å². The molecule has 1 aromatic heterocycles. The zero-order chi connectivity index (χ0) is 25.9. The molecule has 1 aromatic carbocycles. The summed E-state index contributed by atoms with van der Waals surface area (Å²) in [6, 6.07) is 6.43. The van der Waals surface area contributed by atoms with Gasteiger partial charge in [-0.15, -0.1) is 10.2 Å². The van der Waals surface area contributed by atoms with Crippen LogP contribution in [-0.2, 0) is 4.74 Å². The number of benzene rings is 1. The summed E-state index contributed by atoms with van der Waals surface area (Å²) in [4.78, 5) is 11.4. The maximum Gasteiger partial charge on any atom is 0.335 e. The van der Waals surface area contributed by atoms with Gasteiger partial charge in [0.25, 0.3) is 5.89 Å². The van der Waals surface area contributed by atoms with E-state index in [2.05, 4.69) is 15.5 Å². The van der Waals surface area contributed by atoms with Gasteiger partial charge >= 0.3 is 5.97 Å². The number of aromatic carboxylic acids is 1. The number of nitrogens with zero attached hydrogens (tertiary/aromatic N) is 3. The van der Waals surface area contributed by atoms with Gasteiger partial charge in [-0.1, -0.05) is 25.3 Å². The minimum Gasteiger partial charge on any atom is -0.478 e. The quantitative estimate of drug-likeness (QED) is 0.447. The molecule has 1 unspecified atom stereocenters. The van der Waals surface area contributed by atoms with E-state index in [-0.39, 0.29) is 29.1 Å². The molecule has 202 valence electrons. The molecule has 6 aliphatic rings. The van der Waals surface area contributed by atoms with Gasteiger partial charge in [0.2, 0.25) is 5.89 Å². The van der Waals surface area contributed by atoms with Gasteiger partial charge in [-0.2, -0.15) is 0 Å². The highest BCUT2D eigenvalue weighted by molar-refractivity contribution is 5.89. The largest absolute Gasteiger partial charge is 0.478 e. The number of hydroxylamine groups is 2. The summed E-state index contributed by atoms with van der Waals surface area (Å²) >= 11 is 0. The van der Waals surface area contributed by atoms with Gasteiger partial charge in [0.05, 0.1) is 23.5 Å². The van der Waals surface area contributed by atoms with E-state index in [4.69, 9.17) is 9.15 Å². The summed E-state index contributed by atoms with van der Waals surface area (Å²) in [6.07, 6.45) is 12.9. The lowest BCUT2D eigenvalue weighted by Crippen LogP contribution is -2.52. The Morgan fingerprint density at radius 2 is 1.74 bits per heavy atom. The molecule has 9 nitrogen and oxygen atoms in total. The van der Waals surface area contributed by atoms with E-state index >= 15 is 0 Å². The molecule has 4 bridgehead atoms. The Balaban J connectivity index is 1.18. The number of carboxylic acids is 1. The van der Waals surface area contributed by atoms with Crippen molar-refractivity contribution in [1.82, 2.24) is 20.6 Å². The average molecular weight is 521 g/mol. The SMILES string of the molecule is O=C(O)c1cccc(-c2nnc(C3=C(COC45CC6CC(CC(C6)C4)C5)NC(C4CCCCC4)N3O)o2)c1. The number of carbonyl (C=O) groups is 1. The molecule has 2 aromatic rings. The Labute approximate surface area is 222 Å². The Morgan fingerprint density at radius 1 is 1.05 bits per heavy atom. The normalized spacial score (nSPS) is 32.7. The Morgan fingerprint density at radius 3 is 2.42 bits per heavy atom. The molecule has 9 heteroatoms. The molecule has 0 amide bonds. The molecule has 1 atom stereocenters. The minimum absolute atomic E-state index is 0.0605. The third kappa shape index (κ3) is 4.29. The topological polar surface area (TPSA) is 121 Å². The van der Waals surface area contributed by atoms with Crippen molar-refractivity contribution in [3.63, 3.8) is 0 Å². The van der Waals surface area contributed by atoms with E-state index in [0.29, 0.717) is 23.8 Å². The van der Waals surface area contributed by atoms with Gasteiger partial charge in [-0.3, -0.25) is 5.21 Å². The predicted molar refractivity (Wildman–Crippen MR) is 138 cm³/mol. The highest BCUT2D eigenvalue weighted by Gasteiger charge is 2.52. The van der Waals surface area contributed by atoms with Crippen molar-refractivity contribution < 1.29 is 24.3 Å². The summed E-state index contributed by atoms with van der Waals surface area (Å²) in [5, 5.41) is 34.2. The van der Waals surface area contributed by atoms with Crippen molar-refractivity contribution in [3.8, 4) is 11.5 Å². The van der Waals surface area contributed by atoms with Crippen LogP contribution in [0.15, 0.2) is 34.4 Å². The monoisotopic (exact) mass is 520 g/mol. The highest BCUT2D eigenvalue weighted by atomic mass is 16.5. The molecule has 3 N–H and O–H groups in total. The van der Waals surface area contributed by atoms with Crippen LogP contribution in [0, 0.1) is 23.7 Å². The van der Waals surface area contributed by atoms with Crippen molar-refractivity contribution >= 4 is 11.7 Å². The van der Waals surface area contributed by atoms with E-state index in [0.717, 1.165) is 68.4 Å². The number of hydrogen-bond acceptors (Lipinski definition) is 8. The van der Waals surface area contributed by atoms with E-state index in [1.54, 1.807) is 12.1 Å². The number of ether oxygens (including phenoxy) is 1. The Bertz CT molecular complexity index is 1210. The van der Waals surface area contributed by atoms with Crippen molar-refractivity contribution in [2.75, 3.05) is 6.61 Å². The number of rotatable bonds is 7. The Hall–Kier alpha value is -2.91. The van der Waals surface area contributed by atoms with Gasteiger partial charge in [-0.05, 0) is 93.2 Å². The fourth-order valence-electron chi connectivity index (χ4n) is 8.34. The van der Waals surface area contributed by atoms with Crippen molar-refractivity contribution in [1.29, 1.82) is 0 Å². The Kier molecular flexibility index (Phi) is 5.96. The molecule has 0 radical (unpaired) electrons. The van der Waals surface area contributed by atoms with Crippen LogP contribution in [0.1, 0.15) is 86.9 Å². The van der Waals surface area contributed by atoms with Gasteiger partial charge in [0, 0.05) is 5.56 Å². The number of nitrogens with one attached hydrogen (secondary N) is 1.